The second-order valence-electron chi connectivity index (χ2n) is 3.34. The SMILES string of the molecule is Cc1noc(NC(=O)c2ccnc(C(=O)O)c2)n1. The van der Waals surface area contributed by atoms with Crippen LogP contribution in [0.4, 0.5) is 6.01 Å². The molecule has 0 aliphatic rings. The van der Waals surface area contributed by atoms with E-state index in [0.29, 0.717) is 5.82 Å². The van der Waals surface area contributed by atoms with E-state index < -0.39 is 11.9 Å². The number of carboxylic acid groups (broad SMARTS) is 1. The minimum absolute atomic E-state index is 0.0498. The van der Waals surface area contributed by atoms with E-state index in [1.807, 2.05) is 0 Å². The molecule has 1 amide bonds. The molecule has 0 radical (unpaired) electrons. The first-order valence-electron chi connectivity index (χ1n) is 4.87. The zero-order chi connectivity index (χ0) is 13.1. The lowest BCUT2D eigenvalue weighted by atomic mass is 10.2. The van der Waals surface area contributed by atoms with Crippen molar-refractivity contribution in [3.05, 3.63) is 35.4 Å². The molecule has 0 spiro atoms. The van der Waals surface area contributed by atoms with Crippen molar-refractivity contribution in [3.63, 3.8) is 0 Å². The summed E-state index contributed by atoms with van der Waals surface area (Å²) in [5, 5.41) is 14.6. The van der Waals surface area contributed by atoms with Gasteiger partial charge in [0.2, 0.25) is 0 Å². The summed E-state index contributed by atoms with van der Waals surface area (Å²) in [7, 11) is 0. The monoisotopic (exact) mass is 248 g/mol. The lowest BCUT2D eigenvalue weighted by Crippen LogP contribution is -2.13. The number of nitrogens with zero attached hydrogens (tertiary/aromatic N) is 3. The number of amides is 1. The number of aryl methyl sites for hydroxylation is 1. The van der Waals surface area contributed by atoms with E-state index in [1.54, 1.807) is 6.92 Å². The molecule has 0 aromatic carbocycles. The summed E-state index contributed by atoms with van der Waals surface area (Å²) in [6.45, 7) is 1.61. The van der Waals surface area contributed by atoms with Crippen molar-refractivity contribution >= 4 is 17.9 Å². The molecular formula is C10H8N4O4. The molecule has 8 nitrogen and oxygen atoms in total. The molecule has 0 bridgehead atoms. The third-order valence-corrected chi connectivity index (χ3v) is 1.99. The van der Waals surface area contributed by atoms with Gasteiger partial charge < -0.3 is 9.63 Å². The van der Waals surface area contributed by atoms with Gasteiger partial charge in [0.25, 0.3) is 5.91 Å². The van der Waals surface area contributed by atoms with E-state index in [1.165, 1.54) is 12.3 Å². The van der Waals surface area contributed by atoms with Crippen LogP contribution in [0.3, 0.4) is 0 Å². The van der Waals surface area contributed by atoms with Crippen molar-refractivity contribution in [2.45, 2.75) is 6.92 Å². The summed E-state index contributed by atoms with van der Waals surface area (Å²) in [6, 6.07) is 2.48. The van der Waals surface area contributed by atoms with Crippen molar-refractivity contribution in [2.24, 2.45) is 0 Å². The fourth-order valence-corrected chi connectivity index (χ4v) is 1.21. The van der Waals surface area contributed by atoms with Gasteiger partial charge in [-0.15, -0.1) is 0 Å². The van der Waals surface area contributed by atoms with Crippen LogP contribution in [0.2, 0.25) is 0 Å². The van der Waals surface area contributed by atoms with Crippen LogP contribution in [0.5, 0.6) is 0 Å². The van der Waals surface area contributed by atoms with Crippen molar-refractivity contribution < 1.29 is 19.2 Å². The van der Waals surface area contributed by atoms with Crippen LogP contribution in [-0.2, 0) is 0 Å². The predicted octanol–water partition coefficient (Wildman–Crippen LogP) is 0.724. The average Bonchev–Trinajstić information content (AvgIpc) is 2.75. The van der Waals surface area contributed by atoms with Crippen molar-refractivity contribution in [3.8, 4) is 0 Å². The maximum absolute atomic E-state index is 11.7. The normalized spacial score (nSPS) is 10.1. The first-order valence-corrected chi connectivity index (χ1v) is 4.87. The molecule has 0 unspecified atom stereocenters. The standard InChI is InChI=1S/C10H8N4O4/c1-5-12-10(18-14-5)13-8(15)6-2-3-11-7(4-6)9(16)17/h2-4H,1H3,(H,16,17)(H,12,13,14,15). The van der Waals surface area contributed by atoms with E-state index in [-0.39, 0.29) is 17.3 Å². The molecule has 0 aliphatic carbocycles. The Balaban J connectivity index is 2.18. The van der Waals surface area contributed by atoms with E-state index in [4.69, 9.17) is 9.63 Å². The van der Waals surface area contributed by atoms with Crippen LogP contribution in [-0.4, -0.2) is 32.1 Å². The van der Waals surface area contributed by atoms with Crippen LogP contribution >= 0.6 is 0 Å². The molecule has 18 heavy (non-hydrogen) atoms. The highest BCUT2D eigenvalue weighted by atomic mass is 16.5. The van der Waals surface area contributed by atoms with Gasteiger partial charge >= 0.3 is 12.0 Å². The number of carbonyl (C=O) groups excluding carboxylic acids is 1. The molecule has 0 saturated carbocycles. The summed E-state index contributed by atoms with van der Waals surface area (Å²) < 4.78 is 4.71. The first-order chi connectivity index (χ1) is 8.56. The Morgan fingerprint density at radius 3 is 2.83 bits per heavy atom. The minimum Gasteiger partial charge on any atom is -0.477 e. The van der Waals surface area contributed by atoms with Crippen LogP contribution in [0, 0.1) is 6.92 Å². The third-order valence-electron chi connectivity index (χ3n) is 1.99. The molecule has 2 heterocycles. The summed E-state index contributed by atoms with van der Waals surface area (Å²) >= 11 is 0. The second-order valence-corrected chi connectivity index (χ2v) is 3.34. The van der Waals surface area contributed by atoms with Crippen molar-refractivity contribution in [1.82, 2.24) is 15.1 Å². The Kier molecular flexibility index (Phi) is 3.00. The van der Waals surface area contributed by atoms with Gasteiger partial charge in [0.15, 0.2) is 5.82 Å². The number of hydrogen-bond acceptors (Lipinski definition) is 6. The van der Waals surface area contributed by atoms with E-state index in [9.17, 15) is 9.59 Å². The zero-order valence-corrected chi connectivity index (χ0v) is 9.25. The molecule has 2 N–H and O–H groups in total. The van der Waals surface area contributed by atoms with E-state index >= 15 is 0 Å². The topological polar surface area (TPSA) is 118 Å². The molecule has 0 atom stereocenters. The van der Waals surface area contributed by atoms with Crippen LogP contribution in [0.25, 0.3) is 0 Å². The molecule has 92 valence electrons. The number of pyridine rings is 1. The highest BCUT2D eigenvalue weighted by molar-refractivity contribution is 6.04. The smallest absolute Gasteiger partial charge is 0.354 e. The Hall–Kier alpha value is -2.77. The number of hydrogen-bond donors (Lipinski definition) is 2. The van der Waals surface area contributed by atoms with Gasteiger partial charge in [-0.1, -0.05) is 5.16 Å². The highest BCUT2D eigenvalue weighted by Gasteiger charge is 2.13. The summed E-state index contributed by atoms with van der Waals surface area (Å²) in [6.07, 6.45) is 1.23. The molecular weight excluding hydrogens is 240 g/mol. The number of carboxylic acids is 1. The van der Waals surface area contributed by atoms with Crippen LogP contribution in [0.1, 0.15) is 26.7 Å². The Morgan fingerprint density at radius 2 is 2.22 bits per heavy atom. The molecule has 2 rings (SSSR count). The summed E-state index contributed by atoms with van der Waals surface area (Å²) in [5.41, 5.74) is -0.0809. The maximum atomic E-state index is 11.7. The zero-order valence-electron chi connectivity index (χ0n) is 9.25. The molecule has 8 heteroatoms. The van der Waals surface area contributed by atoms with Gasteiger partial charge in [0.1, 0.15) is 5.69 Å². The highest BCUT2D eigenvalue weighted by Crippen LogP contribution is 2.07. The number of carbonyl (C=O) groups is 2. The van der Waals surface area contributed by atoms with Crippen molar-refractivity contribution in [2.75, 3.05) is 5.32 Å². The van der Waals surface area contributed by atoms with E-state index in [2.05, 4.69) is 20.4 Å². The number of aromatic carboxylic acids is 1. The number of nitrogens with one attached hydrogen (secondary N) is 1. The van der Waals surface area contributed by atoms with Crippen LogP contribution in [0.15, 0.2) is 22.9 Å². The van der Waals surface area contributed by atoms with Gasteiger partial charge in [-0.05, 0) is 19.1 Å². The van der Waals surface area contributed by atoms with Gasteiger partial charge in [-0.2, -0.15) is 4.98 Å². The number of anilines is 1. The molecule has 2 aromatic heterocycles. The van der Waals surface area contributed by atoms with Gasteiger partial charge in [-0.25, -0.2) is 9.78 Å². The lowest BCUT2D eigenvalue weighted by Gasteiger charge is -2.00. The number of rotatable bonds is 3. The summed E-state index contributed by atoms with van der Waals surface area (Å²) in [5.74, 6) is -1.38. The Bertz CT molecular complexity index is 607. The van der Waals surface area contributed by atoms with Gasteiger partial charge in [0, 0.05) is 11.8 Å². The molecule has 0 saturated heterocycles. The lowest BCUT2D eigenvalue weighted by molar-refractivity contribution is 0.0690. The quantitative estimate of drug-likeness (QED) is 0.821. The van der Waals surface area contributed by atoms with Gasteiger partial charge in [-0.3, -0.25) is 10.1 Å². The number of aromatic nitrogens is 3. The average molecular weight is 248 g/mol. The Morgan fingerprint density at radius 1 is 1.44 bits per heavy atom. The minimum atomic E-state index is -1.21. The second kappa shape index (κ2) is 4.62. The summed E-state index contributed by atoms with van der Waals surface area (Å²) in [4.78, 5) is 29.8. The molecule has 2 aromatic rings. The maximum Gasteiger partial charge on any atom is 0.354 e. The predicted molar refractivity (Wildman–Crippen MR) is 58.2 cm³/mol. The fourth-order valence-electron chi connectivity index (χ4n) is 1.21. The molecule has 0 aliphatic heterocycles. The molecule has 0 fully saturated rings. The van der Waals surface area contributed by atoms with Crippen molar-refractivity contribution in [1.29, 1.82) is 0 Å². The largest absolute Gasteiger partial charge is 0.477 e. The van der Waals surface area contributed by atoms with Crippen LogP contribution < -0.4 is 5.32 Å². The fraction of sp³-hybridized carbons (Fsp3) is 0.100. The first kappa shape index (κ1) is 11.7. The van der Waals surface area contributed by atoms with E-state index in [0.717, 1.165) is 6.07 Å². The Labute approximate surface area is 101 Å². The van der Waals surface area contributed by atoms with Gasteiger partial charge in [0.05, 0.1) is 0 Å². The third kappa shape index (κ3) is 2.48.